The van der Waals surface area contributed by atoms with E-state index in [9.17, 15) is 0 Å². The Bertz CT molecular complexity index is 421. The van der Waals surface area contributed by atoms with Crippen molar-refractivity contribution in [2.24, 2.45) is 0 Å². The van der Waals surface area contributed by atoms with Crippen molar-refractivity contribution in [1.82, 2.24) is 15.0 Å². The molecule has 1 aliphatic rings. The summed E-state index contributed by atoms with van der Waals surface area (Å²) in [6.45, 7) is 7.82. The Morgan fingerprint density at radius 3 is 2.57 bits per heavy atom. The normalized spacial score (nSPS) is 15.0. The molecule has 1 aromatic rings. The Kier molecular flexibility index (Phi) is 6.50. The van der Waals surface area contributed by atoms with Crippen molar-refractivity contribution < 1.29 is 4.74 Å². The minimum atomic E-state index is 0.442. The summed E-state index contributed by atoms with van der Waals surface area (Å²) in [6.07, 6.45) is 6.86. The number of hydrogen-bond donors (Lipinski definition) is 1. The molecule has 0 atom stereocenters. The van der Waals surface area contributed by atoms with Gasteiger partial charge in [-0.15, -0.1) is 0 Å². The van der Waals surface area contributed by atoms with Crippen molar-refractivity contribution >= 4 is 11.9 Å². The second-order valence-electron chi connectivity index (χ2n) is 5.42. The van der Waals surface area contributed by atoms with Gasteiger partial charge in [-0.1, -0.05) is 20.3 Å². The zero-order chi connectivity index (χ0) is 14.9. The number of piperidine rings is 1. The summed E-state index contributed by atoms with van der Waals surface area (Å²) in [5.41, 5.74) is 0. The standard InChI is InChI=1S/C15H27N5O/c1-3-5-12-21-15-18-13(16-9-4-2)17-14(19-15)20-10-7-6-8-11-20/h3-12H2,1-2H3,(H,16,17,18,19). The highest BCUT2D eigenvalue weighted by Crippen LogP contribution is 2.19. The molecule has 0 bridgehead atoms. The van der Waals surface area contributed by atoms with Crippen molar-refractivity contribution in [2.75, 3.05) is 36.5 Å². The van der Waals surface area contributed by atoms with E-state index in [4.69, 9.17) is 4.74 Å². The SMILES string of the molecule is CCCCOc1nc(NCCC)nc(N2CCCCC2)n1. The number of rotatable bonds is 8. The molecule has 2 heterocycles. The van der Waals surface area contributed by atoms with Gasteiger partial charge in [0.05, 0.1) is 6.61 Å². The van der Waals surface area contributed by atoms with Crippen LogP contribution in [-0.4, -0.2) is 41.2 Å². The van der Waals surface area contributed by atoms with E-state index in [1.807, 2.05) is 0 Å². The van der Waals surface area contributed by atoms with E-state index < -0.39 is 0 Å². The number of hydrogen-bond acceptors (Lipinski definition) is 6. The zero-order valence-electron chi connectivity index (χ0n) is 13.3. The number of nitrogens with one attached hydrogen (secondary N) is 1. The van der Waals surface area contributed by atoms with Gasteiger partial charge in [-0.25, -0.2) is 0 Å². The summed E-state index contributed by atoms with van der Waals surface area (Å²) in [5, 5.41) is 3.24. The highest BCUT2D eigenvalue weighted by Gasteiger charge is 2.16. The van der Waals surface area contributed by atoms with E-state index in [0.717, 1.165) is 44.8 Å². The molecule has 1 aromatic heterocycles. The maximum atomic E-state index is 5.67. The molecule has 0 saturated carbocycles. The Morgan fingerprint density at radius 2 is 1.86 bits per heavy atom. The summed E-state index contributed by atoms with van der Waals surface area (Å²) in [6, 6.07) is 0.442. The third-order valence-corrected chi connectivity index (χ3v) is 3.50. The van der Waals surface area contributed by atoms with Gasteiger partial charge in [0, 0.05) is 19.6 Å². The van der Waals surface area contributed by atoms with Crippen LogP contribution in [0, 0.1) is 0 Å². The number of anilines is 2. The molecule has 0 amide bonds. The smallest absolute Gasteiger partial charge is 0.323 e. The average molecular weight is 293 g/mol. The van der Waals surface area contributed by atoms with Gasteiger partial charge in [0.2, 0.25) is 11.9 Å². The second-order valence-corrected chi connectivity index (χ2v) is 5.42. The number of ether oxygens (including phenoxy) is 1. The van der Waals surface area contributed by atoms with E-state index in [-0.39, 0.29) is 0 Å². The fraction of sp³-hybridized carbons (Fsp3) is 0.800. The van der Waals surface area contributed by atoms with E-state index in [1.165, 1.54) is 19.3 Å². The van der Waals surface area contributed by atoms with E-state index in [0.29, 0.717) is 18.6 Å². The fourth-order valence-electron chi connectivity index (χ4n) is 2.27. The molecule has 2 rings (SSSR count). The third-order valence-electron chi connectivity index (χ3n) is 3.50. The summed E-state index contributed by atoms with van der Waals surface area (Å²) in [4.78, 5) is 15.6. The van der Waals surface area contributed by atoms with E-state index >= 15 is 0 Å². The highest BCUT2D eigenvalue weighted by atomic mass is 16.5. The molecule has 1 aliphatic heterocycles. The zero-order valence-corrected chi connectivity index (χ0v) is 13.3. The lowest BCUT2D eigenvalue weighted by Gasteiger charge is -2.26. The van der Waals surface area contributed by atoms with Gasteiger partial charge >= 0.3 is 6.01 Å². The topological polar surface area (TPSA) is 63.2 Å². The molecule has 1 N–H and O–H groups in total. The van der Waals surface area contributed by atoms with Crippen molar-refractivity contribution in [2.45, 2.75) is 52.4 Å². The first-order valence-electron chi connectivity index (χ1n) is 8.21. The number of unbranched alkanes of at least 4 members (excludes halogenated alkanes) is 1. The van der Waals surface area contributed by atoms with Crippen LogP contribution in [0.3, 0.4) is 0 Å². The average Bonchev–Trinajstić information content (AvgIpc) is 2.54. The van der Waals surface area contributed by atoms with Gasteiger partial charge in [-0.2, -0.15) is 15.0 Å². The summed E-state index contributed by atoms with van der Waals surface area (Å²) in [5.74, 6) is 1.37. The molecule has 0 aliphatic carbocycles. The first-order chi connectivity index (χ1) is 10.3. The molecule has 0 spiro atoms. The monoisotopic (exact) mass is 293 g/mol. The third kappa shape index (κ3) is 5.02. The van der Waals surface area contributed by atoms with Crippen LogP contribution in [0.1, 0.15) is 52.4 Å². The molecule has 1 saturated heterocycles. The maximum absolute atomic E-state index is 5.67. The summed E-state index contributed by atoms with van der Waals surface area (Å²) < 4.78 is 5.67. The van der Waals surface area contributed by atoms with Crippen molar-refractivity contribution in [3.05, 3.63) is 0 Å². The minimum absolute atomic E-state index is 0.442. The quantitative estimate of drug-likeness (QED) is 0.744. The Hall–Kier alpha value is -1.59. The lowest BCUT2D eigenvalue weighted by molar-refractivity contribution is 0.284. The van der Waals surface area contributed by atoms with Gasteiger partial charge in [-0.05, 0) is 32.1 Å². The molecule has 21 heavy (non-hydrogen) atoms. The highest BCUT2D eigenvalue weighted by molar-refractivity contribution is 5.38. The van der Waals surface area contributed by atoms with Gasteiger partial charge in [0.1, 0.15) is 0 Å². The summed E-state index contributed by atoms with van der Waals surface area (Å²) in [7, 11) is 0. The van der Waals surface area contributed by atoms with Crippen molar-refractivity contribution in [3.63, 3.8) is 0 Å². The molecule has 0 unspecified atom stereocenters. The predicted molar refractivity (Wildman–Crippen MR) is 85.1 cm³/mol. The maximum Gasteiger partial charge on any atom is 0.323 e. The van der Waals surface area contributed by atoms with Crippen LogP contribution in [0.25, 0.3) is 0 Å². The Morgan fingerprint density at radius 1 is 1.05 bits per heavy atom. The van der Waals surface area contributed by atoms with Gasteiger partial charge in [0.25, 0.3) is 0 Å². The fourth-order valence-corrected chi connectivity index (χ4v) is 2.27. The van der Waals surface area contributed by atoms with Crippen LogP contribution < -0.4 is 15.0 Å². The van der Waals surface area contributed by atoms with E-state index in [2.05, 4.69) is 39.0 Å². The molecule has 0 radical (unpaired) electrons. The van der Waals surface area contributed by atoms with E-state index in [1.54, 1.807) is 0 Å². The first kappa shape index (κ1) is 15.8. The molecule has 6 nitrogen and oxygen atoms in total. The lowest BCUT2D eigenvalue weighted by atomic mass is 10.1. The predicted octanol–water partition coefficient (Wildman–Crippen LogP) is 2.86. The Labute approximate surface area is 127 Å². The first-order valence-corrected chi connectivity index (χ1v) is 8.21. The largest absolute Gasteiger partial charge is 0.463 e. The second kappa shape index (κ2) is 8.64. The van der Waals surface area contributed by atoms with Crippen LogP contribution in [0.5, 0.6) is 6.01 Å². The minimum Gasteiger partial charge on any atom is -0.463 e. The van der Waals surface area contributed by atoms with Crippen molar-refractivity contribution in [3.8, 4) is 6.01 Å². The van der Waals surface area contributed by atoms with Crippen LogP contribution in [-0.2, 0) is 0 Å². The van der Waals surface area contributed by atoms with Crippen LogP contribution in [0.4, 0.5) is 11.9 Å². The molecule has 1 fully saturated rings. The van der Waals surface area contributed by atoms with Crippen LogP contribution >= 0.6 is 0 Å². The molecular weight excluding hydrogens is 266 g/mol. The molecule has 118 valence electrons. The molecule has 0 aromatic carbocycles. The summed E-state index contributed by atoms with van der Waals surface area (Å²) >= 11 is 0. The van der Waals surface area contributed by atoms with Crippen LogP contribution in [0.15, 0.2) is 0 Å². The van der Waals surface area contributed by atoms with Gasteiger partial charge < -0.3 is 15.0 Å². The van der Waals surface area contributed by atoms with Gasteiger partial charge in [0.15, 0.2) is 0 Å². The number of aromatic nitrogens is 3. The number of nitrogens with zero attached hydrogens (tertiary/aromatic N) is 4. The lowest BCUT2D eigenvalue weighted by Crippen LogP contribution is -2.31. The van der Waals surface area contributed by atoms with Crippen LogP contribution in [0.2, 0.25) is 0 Å². The molecular formula is C15H27N5O. The Balaban J connectivity index is 2.10. The van der Waals surface area contributed by atoms with Gasteiger partial charge in [-0.3, -0.25) is 0 Å². The molecule has 6 heteroatoms. The van der Waals surface area contributed by atoms with Crippen molar-refractivity contribution in [1.29, 1.82) is 0 Å².